The van der Waals surface area contributed by atoms with Crippen molar-refractivity contribution in [3.05, 3.63) is 76.6 Å². The number of amides is 4. The van der Waals surface area contributed by atoms with Crippen molar-refractivity contribution in [3.63, 3.8) is 0 Å². The number of benzene rings is 2. The van der Waals surface area contributed by atoms with Crippen molar-refractivity contribution in [1.82, 2.24) is 10.2 Å². The van der Waals surface area contributed by atoms with E-state index in [4.69, 9.17) is 0 Å². The molecule has 2 aromatic rings. The molecule has 1 saturated heterocycles. The third-order valence-corrected chi connectivity index (χ3v) is 4.64. The average molecular weight is 380 g/mol. The third-order valence-electron chi connectivity index (χ3n) is 4.64. The molecule has 1 heterocycles. The summed E-state index contributed by atoms with van der Waals surface area (Å²) in [6, 6.07) is 12.7. The molecular weight excluding hydrogens is 359 g/mol. The molecule has 2 aromatic carbocycles. The van der Waals surface area contributed by atoms with Crippen LogP contribution >= 0.6 is 0 Å². The Morgan fingerprint density at radius 1 is 1.00 bits per heavy atom. The Kier molecular flexibility index (Phi) is 5.68. The first-order chi connectivity index (χ1) is 13.3. The zero-order valence-corrected chi connectivity index (χ0v) is 15.7. The zero-order chi connectivity index (χ0) is 20.3. The molecule has 6 heteroatoms. The lowest BCUT2D eigenvalue weighted by atomic mass is 10.0. The van der Waals surface area contributed by atoms with Crippen molar-refractivity contribution < 1.29 is 18.8 Å². The molecule has 144 valence electrons. The largest absolute Gasteiger partial charge is 0.331 e. The van der Waals surface area contributed by atoms with Gasteiger partial charge < -0.3 is 0 Å². The fourth-order valence-corrected chi connectivity index (χ4v) is 2.93. The smallest absolute Gasteiger partial charge is 0.273 e. The maximum Gasteiger partial charge on any atom is 0.331 e. The van der Waals surface area contributed by atoms with Crippen LogP contribution in [0.2, 0.25) is 0 Å². The van der Waals surface area contributed by atoms with Crippen molar-refractivity contribution >= 4 is 23.9 Å². The number of rotatable bonds is 5. The van der Waals surface area contributed by atoms with Crippen LogP contribution in [0.3, 0.4) is 0 Å². The van der Waals surface area contributed by atoms with Crippen LogP contribution in [0.25, 0.3) is 6.08 Å². The Balaban J connectivity index is 1.78. The van der Waals surface area contributed by atoms with Crippen molar-refractivity contribution in [2.75, 3.05) is 6.54 Å². The van der Waals surface area contributed by atoms with Gasteiger partial charge in [-0.2, -0.15) is 0 Å². The summed E-state index contributed by atoms with van der Waals surface area (Å²) in [6.45, 7) is 4.25. The number of carbonyl (C=O) groups excluding carboxylic acids is 3. The summed E-state index contributed by atoms with van der Waals surface area (Å²) in [7, 11) is 0. The predicted octanol–water partition coefficient (Wildman–Crippen LogP) is 3.65. The van der Waals surface area contributed by atoms with Crippen LogP contribution in [0, 0.1) is 5.82 Å². The van der Waals surface area contributed by atoms with Crippen LogP contribution in [-0.2, 0) is 16.0 Å². The van der Waals surface area contributed by atoms with Crippen LogP contribution in [0.15, 0.2) is 54.1 Å². The summed E-state index contributed by atoms with van der Waals surface area (Å²) in [5.74, 6) is -1.32. The van der Waals surface area contributed by atoms with E-state index in [-0.39, 0.29) is 17.9 Å². The van der Waals surface area contributed by atoms with Gasteiger partial charge >= 0.3 is 6.03 Å². The van der Waals surface area contributed by atoms with Crippen molar-refractivity contribution in [3.8, 4) is 0 Å². The van der Waals surface area contributed by atoms with Gasteiger partial charge in [-0.15, -0.1) is 0 Å². The molecule has 0 spiro atoms. The molecule has 1 N–H and O–H groups in total. The van der Waals surface area contributed by atoms with Gasteiger partial charge in [-0.1, -0.05) is 50.2 Å². The van der Waals surface area contributed by atoms with Crippen molar-refractivity contribution in [1.29, 1.82) is 0 Å². The first-order valence-corrected chi connectivity index (χ1v) is 9.08. The SMILES string of the molecule is CC(C)c1ccc(/C=C2/C(=O)NC(=O)N(CCc3ccc(F)cc3)C2=O)cc1. The average Bonchev–Trinajstić information content (AvgIpc) is 2.66. The minimum atomic E-state index is -0.746. The van der Waals surface area contributed by atoms with E-state index in [1.807, 2.05) is 24.3 Å². The molecule has 0 atom stereocenters. The number of nitrogens with one attached hydrogen (secondary N) is 1. The number of urea groups is 1. The van der Waals surface area contributed by atoms with Crippen LogP contribution in [-0.4, -0.2) is 29.3 Å². The molecule has 0 aromatic heterocycles. The normalized spacial score (nSPS) is 16.1. The Morgan fingerprint density at radius 2 is 1.64 bits per heavy atom. The quantitative estimate of drug-likeness (QED) is 0.636. The fraction of sp³-hybridized carbons (Fsp3) is 0.227. The van der Waals surface area contributed by atoms with Crippen LogP contribution in [0.5, 0.6) is 0 Å². The summed E-state index contributed by atoms with van der Waals surface area (Å²) in [6.07, 6.45) is 1.85. The van der Waals surface area contributed by atoms with Gasteiger partial charge in [0, 0.05) is 6.54 Å². The van der Waals surface area contributed by atoms with Gasteiger partial charge in [-0.3, -0.25) is 19.8 Å². The highest BCUT2D eigenvalue weighted by Crippen LogP contribution is 2.19. The van der Waals surface area contributed by atoms with E-state index in [0.29, 0.717) is 17.9 Å². The van der Waals surface area contributed by atoms with Gasteiger partial charge in [0.25, 0.3) is 11.8 Å². The number of nitrogens with zero attached hydrogens (tertiary/aromatic N) is 1. The van der Waals surface area contributed by atoms with Crippen molar-refractivity contribution in [2.24, 2.45) is 0 Å². The molecular formula is C22H21FN2O3. The summed E-state index contributed by atoms with van der Waals surface area (Å²) < 4.78 is 13.0. The molecule has 1 aliphatic rings. The van der Waals surface area contributed by atoms with Gasteiger partial charge in [0.05, 0.1) is 0 Å². The first kappa shape index (κ1) is 19.5. The molecule has 0 radical (unpaired) electrons. The number of hydrogen-bond donors (Lipinski definition) is 1. The maximum atomic E-state index is 13.0. The Hall–Kier alpha value is -3.28. The highest BCUT2D eigenvalue weighted by molar-refractivity contribution is 6.31. The van der Waals surface area contributed by atoms with Crippen molar-refractivity contribution in [2.45, 2.75) is 26.2 Å². The molecule has 5 nitrogen and oxygen atoms in total. The van der Waals surface area contributed by atoms with Crippen LogP contribution in [0.1, 0.15) is 36.5 Å². The second-order valence-electron chi connectivity index (χ2n) is 6.97. The van der Waals surface area contributed by atoms with Gasteiger partial charge in [-0.25, -0.2) is 9.18 Å². The second-order valence-corrected chi connectivity index (χ2v) is 6.97. The predicted molar refractivity (Wildman–Crippen MR) is 104 cm³/mol. The highest BCUT2D eigenvalue weighted by atomic mass is 19.1. The minimum Gasteiger partial charge on any atom is -0.273 e. The number of halogens is 1. The third kappa shape index (κ3) is 4.34. The zero-order valence-electron chi connectivity index (χ0n) is 15.7. The Bertz CT molecular complexity index is 931. The summed E-state index contributed by atoms with van der Waals surface area (Å²) in [5, 5.41) is 2.20. The van der Waals surface area contributed by atoms with Gasteiger partial charge in [0.2, 0.25) is 0 Å². The molecule has 28 heavy (non-hydrogen) atoms. The van der Waals surface area contributed by atoms with E-state index < -0.39 is 17.8 Å². The van der Waals surface area contributed by atoms with E-state index >= 15 is 0 Å². The molecule has 0 aliphatic carbocycles. The molecule has 1 fully saturated rings. The van der Waals surface area contributed by atoms with Crippen LogP contribution < -0.4 is 5.32 Å². The first-order valence-electron chi connectivity index (χ1n) is 9.08. The fourth-order valence-electron chi connectivity index (χ4n) is 2.93. The number of barbiturate groups is 1. The van der Waals surface area contributed by atoms with Gasteiger partial charge in [0.1, 0.15) is 11.4 Å². The number of carbonyl (C=O) groups is 3. The van der Waals surface area contributed by atoms with Gasteiger partial charge in [0.15, 0.2) is 0 Å². The van der Waals surface area contributed by atoms with E-state index in [1.165, 1.54) is 18.2 Å². The lowest BCUT2D eigenvalue weighted by Crippen LogP contribution is -2.54. The summed E-state index contributed by atoms with van der Waals surface area (Å²) in [5.41, 5.74) is 2.55. The van der Waals surface area contributed by atoms with E-state index in [1.54, 1.807) is 12.1 Å². The maximum absolute atomic E-state index is 13.0. The van der Waals surface area contributed by atoms with Gasteiger partial charge in [-0.05, 0) is 47.2 Å². The lowest BCUT2D eigenvalue weighted by Gasteiger charge is -2.26. The second kappa shape index (κ2) is 8.17. The molecule has 0 saturated carbocycles. The van der Waals surface area contributed by atoms with E-state index in [0.717, 1.165) is 16.0 Å². The summed E-state index contributed by atoms with van der Waals surface area (Å²) >= 11 is 0. The molecule has 3 rings (SSSR count). The number of hydrogen-bond acceptors (Lipinski definition) is 3. The molecule has 4 amide bonds. The monoisotopic (exact) mass is 380 g/mol. The molecule has 1 aliphatic heterocycles. The minimum absolute atomic E-state index is 0.0870. The molecule has 0 unspecified atom stereocenters. The Morgan fingerprint density at radius 3 is 2.25 bits per heavy atom. The molecule has 0 bridgehead atoms. The topological polar surface area (TPSA) is 66.5 Å². The number of imide groups is 2. The lowest BCUT2D eigenvalue weighted by molar-refractivity contribution is -0.130. The van der Waals surface area contributed by atoms with E-state index in [2.05, 4.69) is 19.2 Å². The van der Waals surface area contributed by atoms with E-state index in [9.17, 15) is 18.8 Å². The standard InChI is InChI=1S/C22H21FN2O3/c1-14(2)17-7-3-16(4-8-17)13-19-20(26)24-22(28)25(21(19)27)12-11-15-5-9-18(23)10-6-15/h3-10,13-14H,11-12H2,1-2H3,(H,24,26,28)/b19-13-. The highest BCUT2D eigenvalue weighted by Gasteiger charge is 2.35. The summed E-state index contributed by atoms with van der Waals surface area (Å²) in [4.78, 5) is 38.0. The van der Waals surface area contributed by atoms with Crippen LogP contribution in [0.4, 0.5) is 9.18 Å². The Labute approximate surface area is 162 Å².